The van der Waals surface area contributed by atoms with Crippen LogP contribution in [-0.2, 0) is 16.1 Å². The number of likely N-dealkylation sites (tertiary alicyclic amines) is 1. The first-order valence-electron chi connectivity index (χ1n) is 10.4. The number of carbonyl (C=O) groups excluding carboxylic acids is 2. The molecule has 0 saturated carbocycles. The van der Waals surface area contributed by atoms with Crippen LogP contribution in [0.5, 0.6) is 11.5 Å². The standard InChI is InChI=1S/C26H22FNO5/c1-2-33-21-5-3-4-18(14-21)24(30)22-23(17-8-12-20(29)13-9-17)28(26(32)25(22)31)15-16-6-10-19(27)11-7-16/h3-14,23,29-30H,2,15H2,1H3/b24-22-. The first kappa shape index (κ1) is 22.1. The highest BCUT2D eigenvalue weighted by molar-refractivity contribution is 6.46. The number of ether oxygens (including phenoxy) is 1. The molecule has 3 aromatic rings. The maximum atomic E-state index is 13.4. The average Bonchev–Trinajstić information content (AvgIpc) is 3.06. The number of hydrogen-bond donors (Lipinski definition) is 2. The van der Waals surface area contributed by atoms with Crippen molar-refractivity contribution in [3.8, 4) is 11.5 Å². The van der Waals surface area contributed by atoms with Gasteiger partial charge in [-0.15, -0.1) is 0 Å². The van der Waals surface area contributed by atoms with E-state index in [-0.39, 0.29) is 23.6 Å². The van der Waals surface area contributed by atoms with Crippen LogP contribution in [-0.4, -0.2) is 33.4 Å². The van der Waals surface area contributed by atoms with Crippen molar-refractivity contribution in [1.82, 2.24) is 4.90 Å². The molecule has 6 nitrogen and oxygen atoms in total. The molecule has 1 aliphatic rings. The van der Waals surface area contributed by atoms with Gasteiger partial charge >= 0.3 is 0 Å². The van der Waals surface area contributed by atoms with Crippen LogP contribution < -0.4 is 4.74 Å². The number of aromatic hydroxyl groups is 1. The van der Waals surface area contributed by atoms with E-state index in [1.54, 1.807) is 36.4 Å². The fourth-order valence-corrected chi connectivity index (χ4v) is 3.89. The van der Waals surface area contributed by atoms with Crippen molar-refractivity contribution in [2.75, 3.05) is 6.61 Å². The Morgan fingerprint density at radius 2 is 1.73 bits per heavy atom. The van der Waals surface area contributed by atoms with Crippen LogP contribution in [0.15, 0.2) is 78.4 Å². The summed E-state index contributed by atoms with van der Waals surface area (Å²) >= 11 is 0. The molecule has 0 radical (unpaired) electrons. The average molecular weight is 447 g/mol. The molecule has 33 heavy (non-hydrogen) atoms. The Hall–Kier alpha value is -4.13. The van der Waals surface area contributed by atoms with Crippen LogP contribution in [0.3, 0.4) is 0 Å². The summed E-state index contributed by atoms with van der Waals surface area (Å²) in [5, 5.41) is 20.8. The Kier molecular flexibility index (Phi) is 6.13. The fraction of sp³-hybridized carbons (Fsp3) is 0.154. The number of carbonyl (C=O) groups is 2. The number of phenols is 1. The number of ketones is 1. The quantitative estimate of drug-likeness (QED) is 0.329. The molecule has 1 aliphatic heterocycles. The Labute approximate surface area is 190 Å². The molecule has 2 N–H and O–H groups in total. The van der Waals surface area contributed by atoms with Gasteiger partial charge < -0.3 is 19.8 Å². The van der Waals surface area contributed by atoms with E-state index in [1.807, 2.05) is 6.92 Å². The second kappa shape index (κ2) is 9.16. The Morgan fingerprint density at radius 1 is 1.03 bits per heavy atom. The van der Waals surface area contributed by atoms with Gasteiger partial charge in [0.1, 0.15) is 23.1 Å². The summed E-state index contributed by atoms with van der Waals surface area (Å²) in [5.41, 5.74) is 1.43. The minimum atomic E-state index is -0.897. The maximum absolute atomic E-state index is 13.4. The summed E-state index contributed by atoms with van der Waals surface area (Å²) in [6.45, 7) is 2.30. The summed E-state index contributed by atoms with van der Waals surface area (Å²) in [6.07, 6.45) is 0. The van der Waals surface area contributed by atoms with E-state index >= 15 is 0 Å². The smallest absolute Gasteiger partial charge is 0.295 e. The van der Waals surface area contributed by atoms with Crippen LogP contribution >= 0.6 is 0 Å². The van der Waals surface area contributed by atoms with Crippen LogP contribution in [0.2, 0.25) is 0 Å². The molecule has 1 atom stereocenters. The van der Waals surface area contributed by atoms with E-state index < -0.39 is 23.5 Å². The number of halogens is 1. The number of phenolic OH excluding ortho intramolecular Hbond substituents is 1. The van der Waals surface area contributed by atoms with Crippen LogP contribution in [0.1, 0.15) is 29.7 Å². The van der Waals surface area contributed by atoms with E-state index in [0.717, 1.165) is 0 Å². The highest BCUT2D eigenvalue weighted by atomic mass is 19.1. The van der Waals surface area contributed by atoms with E-state index in [2.05, 4.69) is 0 Å². The molecular formula is C26H22FNO5. The molecule has 0 spiro atoms. The van der Waals surface area contributed by atoms with Gasteiger partial charge in [0, 0.05) is 12.1 Å². The molecule has 3 aromatic carbocycles. The van der Waals surface area contributed by atoms with Crippen molar-refractivity contribution in [2.45, 2.75) is 19.5 Å². The lowest BCUT2D eigenvalue weighted by molar-refractivity contribution is -0.140. The third kappa shape index (κ3) is 4.43. The molecule has 1 saturated heterocycles. The van der Waals surface area contributed by atoms with E-state index in [9.17, 15) is 24.2 Å². The van der Waals surface area contributed by atoms with E-state index in [0.29, 0.717) is 29.0 Å². The van der Waals surface area contributed by atoms with Crippen molar-refractivity contribution in [2.24, 2.45) is 0 Å². The van der Waals surface area contributed by atoms with Crippen LogP contribution in [0.4, 0.5) is 4.39 Å². The SMILES string of the molecule is CCOc1cccc(/C(O)=C2/C(=O)C(=O)N(Cc3ccc(F)cc3)C2c2ccc(O)cc2)c1. The number of aliphatic hydroxyl groups excluding tert-OH is 1. The molecule has 0 aliphatic carbocycles. The number of hydrogen-bond acceptors (Lipinski definition) is 5. The second-order valence-corrected chi connectivity index (χ2v) is 7.61. The summed E-state index contributed by atoms with van der Waals surface area (Å²) in [5.74, 6) is -1.80. The number of nitrogens with zero attached hydrogens (tertiary/aromatic N) is 1. The van der Waals surface area contributed by atoms with Crippen molar-refractivity contribution < 1.29 is 28.9 Å². The number of Topliss-reactive ketones (excluding diaryl/α,β-unsaturated/α-hetero) is 1. The van der Waals surface area contributed by atoms with Gasteiger partial charge in [0.2, 0.25) is 0 Å². The largest absolute Gasteiger partial charge is 0.508 e. The summed E-state index contributed by atoms with van der Waals surface area (Å²) in [6, 6.07) is 17.4. The Balaban J connectivity index is 1.83. The first-order valence-corrected chi connectivity index (χ1v) is 10.4. The van der Waals surface area contributed by atoms with Gasteiger partial charge in [-0.3, -0.25) is 9.59 Å². The molecule has 1 heterocycles. The lowest BCUT2D eigenvalue weighted by Crippen LogP contribution is -2.29. The molecule has 0 aromatic heterocycles. The van der Waals surface area contributed by atoms with Crippen molar-refractivity contribution in [1.29, 1.82) is 0 Å². The minimum Gasteiger partial charge on any atom is -0.508 e. The van der Waals surface area contributed by atoms with Crippen molar-refractivity contribution in [3.05, 3.63) is 101 Å². The predicted octanol–water partition coefficient (Wildman–Crippen LogP) is 4.55. The normalized spacial score (nSPS) is 17.4. The molecule has 1 fully saturated rings. The zero-order chi connectivity index (χ0) is 23.5. The number of rotatable bonds is 6. The van der Waals surface area contributed by atoms with Gasteiger partial charge in [-0.25, -0.2) is 4.39 Å². The monoisotopic (exact) mass is 447 g/mol. The lowest BCUT2D eigenvalue weighted by atomic mass is 9.95. The van der Waals surface area contributed by atoms with Crippen molar-refractivity contribution in [3.63, 3.8) is 0 Å². The number of amides is 1. The molecule has 7 heteroatoms. The Morgan fingerprint density at radius 3 is 2.39 bits per heavy atom. The van der Waals surface area contributed by atoms with Gasteiger partial charge in [0.05, 0.1) is 18.2 Å². The third-order valence-corrected chi connectivity index (χ3v) is 5.43. The predicted molar refractivity (Wildman–Crippen MR) is 120 cm³/mol. The van der Waals surface area contributed by atoms with Gasteiger partial charge in [0.25, 0.3) is 11.7 Å². The first-order chi connectivity index (χ1) is 15.9. The van der Waals surface area contributed by atoms with E-state index in [4.69, 9.17) is 4.74 Å². The zero-order valence-electron chi connectivity index (χ0n) is 17.9. The van der Waals surface area contributed by atoms with Crippen molar-refractivity contribution >= 4 is 17.4 Å². The molecular weight excluding hydrogens is 425 g/mol. The number of benzene rings is 3. The lowest BCUT2D eigenvalue weighted by Gasteiger charge is -2.25. The third-order valence-electron chi connectivity index (χ3n) is 5.43. The van der Waals surface area contributed by atoms with Crippen LogP contribution in [0, 0.1) is 5.82 Å². The van der Waals surface area contributed by atoms with Gasteiger partial charge in [-0.1, -0.05) is 36.4 Å². The highest BCUT2D eigenvalue weighted by Crippen LogP contribution is 2.41. The molecule has 4 rings (SSSR count). The molecule has 168 valence electrons. The summed E-state index contributed by atoms with van der Waals surface area (Å²) < 4.78 is 18.8. The second-order valence-electron chi connectivity index (χ2n) is 7.61. The zero-order valence-corrected chi connectivity index (χ0v) is 17.9. The summed E-state index contributed by atoms with van der Waals surface area (Å²) in [4.78, 5) is 27.4. The molecule has 1 amide bonds. The topological polar surface area (TPSA) is 87.1 Å². The highest BCUT2D eigenvalue weighted by Gasteiger charge is 2.46. The molecule has 0 bridgehead atoms. The van der Waals surface area contributed by atoms with Gasteiger partial charge in [-0.2, -0.15) is 0 Å². The van der Waals surface area contributed by atoms with E-state index in [1.165, 1.54) is 41.3 Å². The number of aliphatic hydroxyl groups is 1. The maximum Gasteiger partial charge on any atom is 0.295 e. The molecule has 1 unspecified atom stereocenters. The summed E-state index contributed by atoms with van der Waals surface area (Å²) in [7, 11) is 0. The van der Waals surface area contributed by atoms with Gasteiger partial charge in [-0.05, 0) is 54.4 Å². The minimum absolute atomic E-state index is 0.0265. The van der Waals surface area contributed by atoms with Gasteiger partial charge in [0.15, 0.2) is 0 Å². The Bertz CT molecular complexity index is 1220. The van der Waals surface area contributed by atoms with Crippen LogP contribution in [0.25, 0.3) is 5.76 Å². The fourth-order valence-electron chi connectivity index (χ4n) is 3.89.